The van der Waals surface area contributed by atoms with Crippen LogP contribution >= 0.6 is 12.2 Å². The summed E-state index contributed by atoms with van der Waals surface area (Å²) < 4.78 is 0.654. The van der Waals surface area contributed by atoms with Crippen molar-refractivity contribution in [1.82, 2.24) is 4.73 Å². The van der Waals surface area contributed by atoms with E-state index in [1.807, 2.05) is 0 Å². The van der Waals surface area contributed by atoms with Gasteiger partial charge < -0.3 is 5.21 Å². The zero-order valence-electron chi connectivity index (χ0n) is 5.30. The number of nitrogens with zero attached hydrogens (tertiary/aromatic N) is 2. The summed E-state index contributed by atoms with van der Waals surface area (Å²) in [5.74, 6) is 0. The molecule has 0 unspecified atom stereocenters. The standard InChI is InChI=1S/C5H4N2O3S/c8-6-2-1-4(7(9)10)3-5(6)11/h1-3,8H. The van der Waals surface area contributed by atoms with E-state index in [2.05, 4.69) is 12.2 Å². The van der Waals surface area contributed by atoms with Crippen LogP contribution in [-0.4, -0.2) is 14.9 Å². The lowest BCUT2D eigenvalue weighted by Crippen LogP contribution is -1.95. The van der Waals surface area contributed by atoms with E-state index < -0.39 is 4.92 Å². The van der Waals surface area contributed by atoms with E-state index >= 15 is 0 Å². The van der Waals surface area contributed by atoms with Gasteiger partial charge in [0.2, 0.25) is 0 Å². The van der Waals surface area contributed by atoms with Gasteiger partial charge in [-0.1, -0.05) is 12.2 Å². The van der Waals surface area contributed by atoms with Gasteiger partial charge in [0, 0.05) is 6.07 Å². The molecule has 1 aromatic heterocycles. The van der Waals surface area contributed by atoms with Crippen molar-refractivity contribution >= 4 is 17.9 Å². The van der Waals surface area contributed by atoms with Crippen molar-refractivity contribution in [3.05, 3.63) is 33.1 Å². The summed E-state index contributed by atoms with van der Waals surface area (Å²) in [6.07, 6.45) is 1.13. The summed E-state index contributed by atoms with van der Waals surface area (Å²) >= 11 is 4.57. The van der Waals surface area contributed by atoms with E-state index in [1.165, 1.54) is 0 Å². The Morgan fingerprint density at radius 2 is 2.36 bits per heavy atom. The second-order valence-electron chi connectivity index (χ2n) is 1.82. The van der Waals surface area contributed by atoms with Crippen LogP contribution in [0.4, 0.5) is 5.69 Å². The minimum atomic E-state index is -0.574. The van der Waals surface area contributed by atoms with Crippen molar-refractivity contribution in [2.45, 2.75) is 0 Å². The number of nitro groups is 1. The van der Waals surface area contributed by atoms with Gasteiger partial charge in [0.05, 0.1) is 17.2 Å². The Morgan fingerprint density at radius 1 is 1.73 bits per heavy atom. The molecule has 0 radical (unpaired) electrons. The highest BCUT2D eigenvalue weighted by Gasteiger charge is 2.03. The fraction of sp³-hybridized carbons (Fsp3) is 0. The maximum atomic E-state index is 10.1. The molecule has 1 N–H and O–H groups in total. The topological polar surface area (TPSA) is 68.3 Å². The van der Waals surface area contributed by atoms with Crippen molar-refractivity contribution < 1.29 is 10.1 Å². The minimum Gasteiger partial charge on any atom is -0.428 e. The molecule has 1 heterocycles. The van der Waals surface area contributed by atoms with Gasteiger partial charge in [-0.3, -0.25) is 10.1 Å². The van der Waals surface area contributed by atoms with Crippen LogP contribution in [0.1, 0.15) is 0 Å². The summed E-state index contributed by atoms with van der Waals surface area (Å²) in [5.41, 5.74) is -0.125. The maximum Gasteiger partial charge on any atom is 0.274 e. The molecule has 6 heteroatoms. The summed E-state index contributed by atoms with van der Waals surface area (Å²) in [4.78, 5) is 9.56. The molecule has 0 fully saturated rings. The predicted octanol–water partition coefficient (Wildman–Crippen LogP) is 1.36. The van der Waals surface area contributed by atoms with E-state index in [0.717, 1.165) is 18.3 Å². The summed E-state index contributed by atoms with van der Waals surface area (Å²) in [5, 5.41) is 18.9. The zero-order valence-corrected chi connectivity index (χ0v) is 6.11. The maximum absolute atomic E-state index is 10.1. The highest BCUT2D eigenvalue weighted by atomic mass is 32.1. The van der Waals surface area contributed by atoms with Crippen molar-refractivity contribution in [2.75, 3.05) is 0 Å². The van der Waals surface area contributed by atoms with Crippen LogP contribution in [0.3, 0.4) is 0 Å². The first-order valence-corrected chi connectivity index (χ1v) is 3.08. The van der Waals surface area contributed by atoms with E-state index in [-0.39, 0.29) is 10.3 Å². The van der Waals surface area contributed by atoms with Crippen LogP contribution in [-0.2, 0) is 0 Å². The summed E-state index contributed by atoms with van der Waals surface area (Å²) in [6.45, 7) is 0. The Bertz CT molecular complexity index is 346. The average molecular weight is 172 g/mol. The van der Waals surface area contributed by atoms with E-state index in [0.29, 0.717) is 4.73 Å². The summed E-state index contributed by atoms with van der Waals surface area (Å²) in [6, 6.07) is 2.27. The first kappa shape index (κ1) is 7.67. The monoisotopic (exact) mass is 172 g/mol. The van der Waals surface area contributed by atoms with Crippen molar-refractivity contribution in [1.29, 1.82) is 0 Å². The van der Waals surface area contributed by atoms with Gasteiger partial charge in [-0.15, -0.1) is 0 Å². The molecule has 0 aliphatic heterocycles. The van der Waals surface area contributed by atoms with Crippen LogP contribution in [0.5, 0.6) is 0 Å². The molecule has 0 aliphatic rings. The molecule has 0 aliphatic carbocycles. The number of pyridine rings is 1. The van der Waals surface area contributed by atoms with E-state index in [4.69, 9.17) is 5.21 Å². The third-order valence-electron chi connectivity index (χ3n) is 1.09. The smallest absolute Gasteiger partial charge is 0.274 e. The van der Waals surface area contributed by atoms with Crippen LogP contribution in [0.2, 0.25) is 0 Å². The molecule has 5 nitrogen and oxygen atoms in total. The zero-order chi connectivity index (χ0) is 8.43. The molecular formula is C5H4N2O3S. The van der Waals surface area contributed by atoms with E-state index in [9.17, 15) is 10.1 Å². The van der Waals surface area contributed by atoms with Crippen molar-refractivity contribution in [2.24, 2.45) is 0 Å². The Hall–Kier alpha value is -1.43. The van der Waals surface area contributed by atoms with Gasteiger partial charge >= 0.3 is 0 Å². The summed E-state index contributed by atoms with van der Waals surface area (Å²) in [7, 11) is 0. The van der Waals surface area contributed by atoms with Gasteiger partial charge in [0.15, 0.2) is 0 Å². The fourth-order valence-electron chi connectivity index (χ4n) is 0.575. The molecular weight excluding hydrogens is 168 g/mol. The minimum absolute atomic E-state index is 0.0131. The predicted molar refractivity (Wildman–Crippen MR) is 39.1 cm³/mol. The Morgan fingerprint density at radius 3 is 2.82 bits per heavy atom. The second-order valence-corrected chi connectivity index (χ2v) is 2.24. The molecule has 0 saturated heterocycles. The lowest BCUT2D eigenvalue weighted by Gasteiger charge is -1.94. The molecule has 1 rings (SSSR count). The highest BCUT2D eigenvalue weighted by Crippen LogP contribution is 2.08. The molecule has 0 bridgehead atoms. The number of hydrogen-bond donors (Lipinski definition) is 1. The van der Waals surface area contributed by atoms with Gasteiger partial charge in [0.1, 0.15) is 4.64 Å². The molecule has 1 aromatic rings. The van der Waals surface area contributed by atoms with Crippen LogP contribution in [0.25, 0.3) is 0 Å². The number of hydrogen-bond acceptors (Lipinski definition) is 4. The number of aromatic nitrogens is 1. The molecule has 58 valence electrons. The van der Waals surface area contributed by atoms with Crippen molar-refractivity contribution in [3.63, 3.8) is 0 Å². The lowest BCUT2D eigenvalue weighted by molar-refractivity contribution is -0.385. The third-order valence-corrected chi connectivity index (χ3v) is 1.40. The van der Waals surface area contributed by atoms with Crippen LogP contribution in [0, 0.1) is 14.8 Å². The molecule has 0 amide bonds. The third kappa shape index (κ3) is 1.53. The van der Waals surface area contributed by atoms with Crippen molar-refractivity contribution in [3.8, 4) is 0 Å². The lowest BCUT2D eigenvalue weighted by atomic mass is 10.4. The largest absolute Gasteiger partial charge is 0.428 e. The Labute approximate surface area is 66.6 Å². The quantitative estimate of drug-likeness (QED) is 0.300. The Kier molecular flexibility index (Phi) is 1.86. The second kappa shape index (κ2) is 2.67. The Balaban J connectivity index is 3.26. The molecule has 0 saturated carbocycles. The van der Waals surface area contributed by atoms with Crippen LogP contribution in [0.15, 0.2) is 18.3 Å². The molecule has 0 spiro atoms. The SMILES string of the molecule is O=[N+]([O-])c1ccn(O)c(=S)c1. The molecule has 0 aromatic carbocycles. The van der Waals surface area contributed by atoms with E-state index in [1.54, 1.807) is 0 Å². The van der Waals surface area contributed by atoms with Gasteiger partial charge in [0.25, 0.3) is 5.69 Å². The van der Waals surface area contributed by atoms with Gasteiger partial charge in [-0.2, -0.15) is 4.73 Å². The van der Waals surface area contributed by atoms with Gasteiger partial charge in [-0.25, -0.2) is 0 Å². The fourth-order valence-corrected chi connectivity index (χ4v) is 0.756. The average Bonchev–Trinajstić information content (AvgIpc) is 1.94. The first-order valence-electron chi connectivity index (χ1n) is 2.67. The number of rotatable bonds is 1. The highest BCUT2D eigenvalue weighted by molar-refractivity contribution is 7.71. The first-order chi connectivity index (χ1) is 5.11. The van der Waals surface area contributed by atoms with Gasteiger partial charge in [-0.05, 0) is 0 Å². The van der Waals surface area contributed by atoms with Crippen LogP contribution < -0.4 is 0 Å². The molecule has 0 atom stereocenters. The molecule has 11 heavy (non-hydrogen) atoms. The normalized spacial score (nSPS) is 9.45.